The molecule has 22 heavy (non-hydrogen) atoms. The van der Waals surface area contributed by atoms with Gasteiger partial charge in [0.05, 0.1) is 5.69 Å². The number of amides is 1. The molecule has 0 aliphatic heterocycles. The van der Waals surface area contributed by atoms with Crippen molar-refractivity contribution in [2.75, 3.05) is 0 Å². The Morgan fingerprint density at radius 2 is 2.14 bits per heavy atom. The van der Waals surface area contributed by atoms with Crippen molar-refractivity contribution in [3.8, 4) is 0 Å². The summed E-state index contributed by atoms with van der Waals surface area (Å²) in [4.78, 5) is 12.5. The lowest BCUT2D eigenvalue weighted by Crippen LogP contribution is -2.27. The van der Waals surface area contributed by atoms with Crippen molar-refractivity contribution in [1.29, 1.82) is 0 Å². The fourth-order valence-electron chi connectivity index (χ4n) is 2.77. The molecular weight excluding hydrogens is 300 g/mol. The second-order valence-corrected chi connectivity index (χ2v) is 6.51. The molecule has 1 heterocycles. The van der Waals surface area contributed by atoms with Crippen LogP contribution in [0, 0.1) is 6.92 Å². The predicted molar refractivity (Wildman–Crippen MR) is 85.4 cm³/mol. The molecule has 116 valence electrons. The van der Waals surface area contributed by atoms with E-state index in [9.17, 15) is 4.79 Å². The Kier molecular flexibility index (Phi) is 3.96. The lowest BCUT2D eigenvalue weighted by molar-refractivity contribution is 0.0947. The van der Waals surface area contributed by atoms with Gasteiger partial charge in [-0.05, 0) is 25.0 Å². The summed E-state index contributed by atoms with van der Waals surface area (Å²) in [5.41, 5.74) is 2.30. The van der Waals surface area contributed by atoms with E-state index in [-0.39, 0.29) is 17.9 Å². The van der Waals surface area contributed by atoms with Gasteiger partial charge in [-0.3, -0.25) is 4.79 Å². The predicted octanol–water partition coefficient (Wildman–Crippen LogP) is 4.05. The van der Waals surface area contributed by atoms with E-state index in [1.165, 1.54) is 0 Å². The molecule has 0 radical (unpaired) electrons. The van der Waals surface area contributed by atoms with Crippen LogP contribution in [-0.2, 0) is 0 Å². The maximum atomic E-state index is 12.5. The minimum absolute atomic E-state index is 0.109. The normalized spacial score (nSPS) is 20.2. The standard InChI is InChI=1S/C17H19ClN2O2/c1-9(2)16-15(10(3)20-22-16)17(21)19-14-8-12(14)11-6-4-5-7-13(11)18/h4-7,9,12,14H,8H2,1-3H3,(H,19,21)/t12-,14+/m1/s1. The van der Waals surface area contributed by atoms with Crippen LogP contribution in [0.25, 0.3) is 0 Å². The number of rotatable bonds is 4. The molecule has 1 saturated carbocycles. The summed E-state index contributed by atoms with van der Waals surface area (Å²) < 4.78 is 5.28. The molecule has 3 rings (SSSR count). The molecule has 1 aromatic carbocycles. The summed E-state index contributed by atoms with van der Waals surface area (Å²) in [7, 11) is 0. The van der Waals surface area contributed by atoms with Crippen molar-refractivity contribution in [2.45, 2.75) is 45.1 Å². The van der Waals surface area contributed by atoms with E-state index in [0.29, 0.717) is 22.9 Å². The number of aryl methyl sites for hydroxylation is 1. The number of nitrogens with zero attached hydrogens (tertiary/aromatic N) is 1. The number of nitrogens with one attached hydrogen (secondary N) is 1. The molecule has 2 atom stereocenters. The van der Waals surface area contributed by atoms with E-state index in [2.05, 4.69) is 10.5 Å². The van der Waals surface area contributed by atoms with E-state index in [0.717, 1.165) is 17.0 Å². The Morgan fingerprint density at radius 1 is 1.41 bits per heavy atom. The first-order valence-electron chi connectivity index (χ1n) is 7.50. The van der Waals surface area contributed by atoms with Crippen molar-refractivity contribution in [3.05, 3.63) is 51.9 Å². The molecule has 1 fully saturated rings. The second-order valence-electron chi connectivity index (χ2n) is 6.11. The van der Waals surface area contributed by atoms with Crippen LogP contribution >= 0.6 is 11.6 Å². The number of benzene rings is 1. The minimum Gasteiger partial charge on any atom is -0.360 e. The molecule has 5 heteroatoms. The summed E-state index contributed by atoms with van der Waals surface area (Å²) in [5.74, 6) is 0.952. The minimum atomic E-state index is -0.109. The number of halogens is 1. The van der Waals surface area contributed by atoms with Gasteiger partial charge in [0.15, 0.2) is 5.76 Å². The van der Waals surface area contributed by atoms with Gasteiger partial charge in [0.2, 0.25) is 0 Å². The summed E-state index contributed by atoms with van der Waals surface area (Å²) in [6.45, 7) is 5.77. The molecule has 1 aromatic heterocycles. The van der Waals surface area contributed by atoms with Gasteiger partial charge in [-0.1, -0.05) is 48.8 Å². The van der Waals surface area contributed by atoms with Crippen LogP contribution in [0.4, 0.5) is 0 Å². The van der Waals surface area contributed by atoms with Gasteiger partial charge >= 0.3 is 0 Å². The number of carbonyl (C=O) groups is 1. The topological polar surface area (TPSA) is 55.1 Å². The zero-order chi connectivity index (χ0) is 15.9. The number of carbonyl (C=O) groups excluding carboxylic acids is 1. The average Bonchev–Trinajstić information content (AvgIpc) is 3.10. The Morgan fingerprint density at radius 3 is 2.82 bits per heavy atom. The highest BCUT2D eigenvalue weighted by molar-refractivity contribution is 6.31. The van der Waals surface area contributed by atoms with Crippen molar-refractivity contribution in [1.82, 2.24) is 10.5 Å². The number of aromatic nitrogens is 1. The third-order valence-electron chi connectivity index (χ3n) is 4.05. The first kappa shape index (κ1) is 15.1. The second kappa shape index (κ2) is 5.76. The Bertz CT molecular complexity index is 708. The molecule has 0 bridgehead atoms. The van der Waals surface area contributed by atoms with Crippen molar-refractivity contribution in [3.63, 3.8) is 0 Å². The maximum absolute atomic E-state index is 12.5. The van der Waals surface area contributed by atoms with Gasteiger partial charge in [-0.25, -0.2) is 0 Å². The molecule has 0 saturated heterocycles. The van der Waals surface area contributed by atoms with Crippen molar-refractivity contribution in [2.24, 2.45) is 0 Å². The Hall–Kier alpha value is -1.81. The molecule has 1 aliphatic rings. The third-order valence-corrected chi connectivity index (χ3v) is 4.40. The van der Waals surface area contributed by atoms with Gasteiger partial charge in [0.1, 0.15) is 5.56 Å². The largest absolute Gasteiger partial charge is 0.360 e. The SMILES string of the molecule is Cc1noc(C(C)C)c1C(=O)N[C@H]1C[C@@H]1c1ccccc1Cl. The Balaban J connectivity index is 1.72. The summed E-state index contributed by atoms with van der Waals surface area (Å²) in [6, 6.07) is 7.91. The highest BCUT2D eigenvalue weighted by atomic mass is 35.5. The van der Waals surface area contributed by atoms with Crippen LogP contribution in [-0.4, -0.2) is 17.1 Å². The summed E-state index contributed by atoms with van der Waals surface area (Å²) >= 11 is 6.21. The van der Waals surface area contributed by atoms with Crippen molar-refractivity contribution < 1.29 is 9.32 Å². The zero-order valence-electron chi connectivity index (χ0n) is 12.9. The zero-order valence-corrected chi connectivity index (χ0v) is 13.6. The van der Waals surface area contributed by atoms with Gasteiger partial charge in [-0.2, -0.15) is 0 Å². The van der Waals surface area contributed by atoms with Crippen LogP contribution in [0.3, 0.4) is 0 Å². The van der Waals surface area contributed by atoms with Gasteiger partial charge < -0.3 is 9.84 Å². The molecule has 1 N–H and O–H groups in total. The smallest absolute Gasteiger partial charge is 0.257 e. The van der Waals surface area contributed by atoms with E-state index in [1.54, 1.807) is 6.92 Å². The average molecular weight is 319 g/mol. The fraction of sp³-hybridized carbons (Fsp3) is 0.412. The number of hydrogen-bond donors (Lipinski definition) is 1. The van der Waals surface area contributed by atoms with Crippen LogP contribution in [0.15, 0.2) is 28.8 Å². The van der Waals surface area contributed by atoms with Gasteiger partial charge in [0.25, 0.3) is 5.91 Å². The maximum Gasteiger partial charge on any atom is 0.257 e. The molecule has 4 nitrogen and oxygen atoms in total. The molecule has 1 aliphatic carbocycles. The van der Waals surface area contributed by atoms with E-state index < -0.39 is 0 Å². The van der Waals surface area contributed by atoms with Gasteiger partial charge in [-0.15, -0.1) is 0 Å². The monoisotopic (exact) mass is 318 g/mol. The molecule has 1 amide bonds. The quantitative estimate of drug-likeness (QED) is 0.925. The molecular formula is C17H19ClN2O2. The lowest BCUT2D eigenvalue weighted by Gasteiger charge is -2.07. The summed E-state index contributed by atoms with van der Waals surface area (Å²) in [6.07, 6.45) is 0.914. The van der Waals surface area contributed by atoms with E-state index in [4.69, 9.17) is 16.1 Å². The van der Waals surface area contributed by atoms with E-state index >= 15 is 0 Å². The van der Waals surface area contributed by atoms with Crippen LogP contribution < -0.4 is 5.32 Å². The number of hydrogen-bond acceptors (Lipinski definition) is 3. The Labute approximate surface area is 134 Å². The fourth-order valence-corrected chi connectivity index (χ4v) is 3.05. The molecule has 0 spiro atoms. The molecule has 0 unspecified atom stereocenters. The molecule has 2 aromatic rings. The van der Waals surface area contributed by atoms with Crippen LogP contribution in [0.2, 0.25) is 5.02 Å². The van der Waals surface area contributed by atoms with E-state index in [1.807, 2.05) is 38.1 Å². The van der Waals surface area contributed by atoms with Crippen LogP contribution in [0.5, 0.6) is 0 Å². The lowest BCUT2D eigenvalue weighted by atomic mass is 10.0. The third kappa shape index (κ3) is 2.75. The van der Waals surface area contributed by atoms with Crippen molar-refractivity contribution >= 4 is 17.5 Å². The first-order chi connectivity index (χ1) is 10.5. The summed E-state index contributed by atoms with van der Waals surface area (Å²) in [5, 5.41) is 7.75. The first-order valence-corrected chi connectivity index (χ1v) is 7.88. The highest BCUT2D eigenvalue weighted by Gasteiger charge is 2.41. The highest BCUT2D eigenvalue weighted by Crippen LogP contribution is 2.43. The van der Waals surface area contributed by atoms with Crippen LogP contribution in [0.1, 0.15) is 59.5 Å². The van der Waals surface area contributed by atoms with Gasteiger partial charge in [0, 0.05) is 22.9 Å².